The fourth-order valence-electron chi connectivity index (χ4n) is 2.81. The molecule has 0 aromatic heterocycles. The zero-order chi connectivity index (χ0) is 20.3. The number of ether oxygens (including phenoxy) is 2. The summed E-state index contributed by atoms with van der Waals surface area (Å²) in [6.07, 6.45) is 2.11. The van der Waals surface area contributed by atoms with Gasteiger partial charge in [-0.05, 0) is 42.1 Å². The van der Waals surface area contributed by atoms with Gasteiger partial charge in [0, 0.05) is 10.9 Å². The Morgan fingerprint density at radius 2 is 1.72 bits per heavy atom. The van der Waals surface area contributed by atoms with Crippen LogP contribution in [0.15, 0.2) is 66.7 Å². The molecule has 4 nitrogen and oxygen atoms in total. The minimum absolute atomic E-state index is 0.158. The van der Waals surface area contributed by atoms with Crippen molar-refractivity contribution in [2.45, 2.75) is 19.8 Å². The molecule has 0 saturated heterocycles. The van der Waals surface area contributed by atoms with E-state index in [-0.39, 0.29) is 19.1 Å². The first-order valence-corrected chi connectivity index (χ1v) is 9.85. The average molecular weight is 387 g/mol. The zero-order valence-corrected chi connectivity index (χ0v) is 16.6. The number of fused-ring (bicyclic) bond motifs is 1. The van der Waals surface area contributed by atoms with Crippen LogP contribution in [-0.2, 0) is 0 Å². The first-order chi connectivity index (χ1) is 14.3. The number of carbonyl (C=O) groups is 1. The minimum Gasteiger partial charge on any atom is -0.494 e. The molecule has 0 aliphatic heterocycles. The van der Waals surface area contributed by atoms with E-state index in [4.69, 9.17) is 9.47 Å². The molecule has 4 heteroatoms. The molecule has 0 fully saturated rings. The van der Waals surface area contributed by atoms with Gasteiger partial charge >= 0.3 is 0 Å². The van der Waals surface area contributed by atoms with Crippen LogP contribution in [0.25, 0.3) is 10.8 Å². The van der Waals surface area contributed by atoms with Crippen molar-refractivity contribution in [3.8, 4) is 23.3 Å². The van der Waals surface area contributed by atoms with E-state index in [1.807, 2.05) is 54.6 Å². The lowest BCUT2D eigenvalue weighted by atomic mass is 10.1. The number of hydrogen-bond acceptors (Lipinski definition) is 3. The smallest absolute Gasteiger partial charge is 0.252 e. The first-order valence-electron chi connectivity index (χ1n) is 9.85. The van der Waals surface area contributed by atoms with Gasteiger partial charge in [0.15, 0.2) is 0 Å². The molecule has 0 atom stereocenters. The SMILES string of the molecule is CCCCOc1ccc(C(=O)NCC#CCOc2cccc3ccccc23)cc1. The maximum Gasteiger partial charge on any atom is 0.252 e. The summed E-state index contributed by atoms with van der Waals surface area (Å²) in [5.41, 5.74) is 0.585. The van der Waals surface area contributed by atoms with E-state index in [0.717, 1.165) is 35.1 Å². The molecular weight excluding hydrogens is 362 g/mol. The van der Waals surface area contributed by atoms with E-state index < -0.39 is 0 Å². The van der Waals surface area contributed by atoms with Crippen molar-refractivity contribution in [2.75, 3.05) is 19.8 Å². The number of benzene rings is 3. The lowest BCUT2D eigenvalue weighted by Crippen LogP contribution is -2.23. The minimum atomic E-state index is -0.158. The fraction of sp³-hybridized carbons (Fsp3) is 0.240. The Morgan fingerprint density at radius 1 is 0.931 bits per heavy atom. The highest BCUT2D eigenvalue weighted by Gasteiger charge is 2.04. The second kappa shape index (κ2) is 10.8. The zero-order valence-electron chi connectivity index (χ0n) is 16.6. The lowest BCUT2D eigenvalue weighted by Gasteiger charge is -2.06. The second-order valence-corrected chi connectivity index (χ2v) is 6.53. The van der Waals surface area contributed by atoms with E-state index in [0.29, 0.717) is 12.2 Å². The first kappa shape index (κ1) is 20.3. The highest BCUT2D eigenvalue weighted by atomic mass is 16.5. The normalized spacial score (nSPS) is 10.1. The van der Waals surface area contributed by atoms with E-state index in [1.165, 1.54) is 0 Å². The summed E-state index contributed by atoms with van der Waals surface area (Å²) in [7, 11) is 0. The van der Waals surface area contributed by atoms with Crippen LogP contribution in [-0.4, -0.2) is 25.7 Å². The summed E-state index contributed by atoms with van der Waals surface area (Å²) in [5, 5.41) is 4.98. The second-order valence-electron chi connectivity index (χ2n) is 6.53. The molecule has 29 heavy (non-hydrogen) atoms. The highest BCUT2D eigenvalue weighted by molar-refractivity contribution is 5.94. The molecule has 3 aromatic rings. The van der Waals surface area contributed by atoms with Crippen molar-refractivity contribution in [3.05, 3.63) is 72.3 Å². The van der Waals surface area contributed by atoms with Crippen LogP contribution in [0.3, 0.4) is 0 Å². The lowest BCUT2D eigenvalue weighted by molar-refractivity contribution is 0.0958. The fourth-order valence-corrected chi connectivity index (χ4v) is 2.81. The van der Waals surface area contributed by atoms with Gasteiger partial charge in [0.25, 0.3) is 5.91 Å². The third kappa shape index (κ3) is 6.02. The van der Waals surface area contributed by atoms with Gasteiger partial charge in [-0.3, -0.25) is 4.79 Å². The maximum atomic E-state index is 12.2. The van der Waals surface area contributed by atoms with Crippen molar-refractivity contribution >= 4 is 16.7 Å². The average Bonchev–Trinajstić information content (AvgIpc) is 2.76. The Hall–Kier alpha value is -3.45. The summed E-state index contributed by atoms with van der Waals surface area (Å²) in [6, 6.07) is 21.2. The van der Waals surface area contributed by atoms with Crippen molar-refractivity contribution in [1.82, 2.24) is 5.32 Å². The molecule has 0 bridgehead atoms. The van der Waals surface area contributed by atoms with E-state index >= 15 is 0 Å². The molecule has 0 spiro atoms. The summed E-state index contributed by atoms with van der Waals surface area (Å²) in [4.78, 5) is 12.2. The molecule has 3 rings (SSSR count). The van der Waals surface area contributed by atoms with Gasteiger partial charge in [0.2, 0.25) is 0 Å². The van der Waals surface area contributed by atoms with Crippen molar-refractivity contribution in [2.24, 2.45) is 0 Å². The van der Waals surface area contributed by atoms with Crippen molar-refractivity contribution in [3.63, 3.8) is 0 Å². The summed E-state index contributed by atoms with van der Waals surface area (Å²) >= 11 is 0. The van der Waals surface area contributed by atoms with E-state index in [9.17, 15) is 4.79 Å². The Morgan fingerprint density at radius 3 is 2.55 bits per heavy atom. The molecular formula is C25H25NO3. The van der Waals surface area contributed by atoms with E-state index in [1.54, 1.807) is 12.1 Å². The number of amides is 1. The van der Waals surface area contributed by atoms with Gasteiger partial charge in [-0.2, -0.15) is 0 Å². The predicted molar refractivity (Wildman–Crippen MR) is 116 cm³/mol. The monoisotopic (exact) mass is 387 g/mol. The Bertz CT molecular complexity index is 994. The molecule has 0 aliphatic rings. The maximum absolute atomic E-state index is 12.2. The van der Waals surface area contributed by atoms with Crippen LogP contribution in [0, 0.1) is 11.8 Å². The van der Waals surface area contributed by atoms with Crippen LogP contribution in [0.4, 0.5) is 0 Å². The Kier molecular flexibility index (Phi) is 7.54. The third-order valence-corrected chi connectivity index (χ3v) is 4.39. The van der Waals surface area contributed by atoms with Gasteiger partial charge in [-0.15, -0.1) is 0 Å². The number of hydrogen-bond donors (Lipinski definition) is 1. The molecule has 0 saturated carbocycles. The van der Waals surface area contributed by atoms with Gasteiger partial charge in [-0.25, -0.2) is 0 Å². The van der Waals surface area contributed by atoms with Crippen molar-refractivity contribution in [1.29, 1.82) is 0 Å². The molecule has 0 aliphatic carbocycles. The predicted octanol–water partition coefficient (Wildman–Crippen LogP) is 4.83. The molecule has 148 valence electrons. The van der Waals surface area contributed by atoms with Crippen molar-refractivity contribution < 1.29 is 14.3 Å². The largest absolute Gasteiger partial charge is 0.494 e. The number of rotatable bonds is 8. The number of carbonyl (C=O) groups excluding carboxylic acids is 1. The van der Waals surface area contributed by atoms with Gasteiger partial charge in [-0.1, -0.05) is 61.6 Å². The molecule has 3 aromatic carbocycles. The van der Waals surface area contributed by atoms with Crippen LogP contribution in [0.5, 0.6) is 11.5 Å². The number of unbranched alkanes of at least 4 members (excludes halogenated alkanes) is 1. The molecule has 1 N–H and O–H groups in total. The van der Waals surface area contributed by atoms with Crippen LogP contribution in [0.2, 0.25) is 0 Å². The van der Waals surface area contributed by atoms with Gasteiger partial charge < -0.3 is 14.8 Å². The van der Waals surface area contributed by atoms with Crippen LogP contribution >= 0.6 is 0 Å². The summed E-state index contributed by atoms with van der Waals surface area (Å²) in [5.74, 6) is 7.28. The van der Waals surface area contributed by atoms with E-state index in [2.05, 4.69) is 24.1 Å². The quantitative estimate of drug-likeness (QED) is 0.445. The van der Waals surface area contributed by atoms with Gasteiger partial charge in [0.1, 0.15) is 18.1 Å². The van der Waals surface area contributed by atoms with Crippen LogP contribution in [0.1, 0.15) is 30.1 Å². The highest BCUT2D eigenvalue weighted by Crippen LogP contribution is 2.24. The van der Waals surface area contributed by atoms with Gasteiger partial charge in [0.05, 0.1) is 13.2 Å². The Balaban J connectivity index is 1.43. The standard InChI is InChI=1S/C25H25NO3/c1-2-3-18-28-22-15-13-21(14-16-22)25(27)26-17-6-7-19-29-24-12-8-10-20-9-4-5-11-23(20)24/h4-5,8-16H,2-3,17-19H2,1H3,(H,26,27). The summed E-state index contributed by atoms with van der Waals surface area (Å²) in [6.45, 7) is 3.36. The molecule has 1 amide bonds. The van der Waals surface area contributed by atoms with Crippen LogP contribution < -0.4 is 14.8 Å². The topological polar surface area (TPSA) is 47.6 Å². The third-order valence-electron chi connectivity index (χ3n) is 4.39. The number of nitrogens with one attached hydrogen (secondary N) is 1. The Labute approximate surface area is 171 Å². The molecule has 0 radical (unpaired) electrons. The summed E-state index contributed by atoms with van der Waals surface area (Å²) < 4.78 is 11.4. The molecule has 0 unspecified atom stereocenters. The molecule has 0 heterocycles.